The Bertz CT molecular complexity index is 318. The fourth-order valence-electron chi connectivity index (χ4n) is 1.93. The SMILES string of the molecule is CCC(Nc1ccccc1N(C)C)C(C)C. The van der Waals surface area contributed by atoms with E-state index in [-0.39, 0.29) is 0 Å². The van der Waals surface area contributed by atoms with Gasteiger partial charge in [0.25, 0.3) is 0 Å². The number of benzene rings is 1. The fourth-order valence-corrected chi connectivity index (χ4v) is 1.93. The Labute approximate surface area is 99.7 Å². The molecule has 90 valence electrons. The second-order valence-electron chi connectivity index (χ2n) is 4.81. The fraction of sp³-hybridized carbons (Fsp3) is 0.571. The van der Waals surface area contributed by atoms with Gasteiger partial charge >= 0.3 is 0 Å². The molecule has 1 aromatic carbocycles. The lowest BCUT2D eigenvalue weighted by Gasteiger charge is -2.25. The van der Waals surface area contributed by atoms with Gasteiger partial charge in [-0.05, 0) is 24.5 Å². The van der Waals surface area contributed by atoms with Crippen LogP contribution in [0.3, 0.4) is 0 Å². The predicted octanol–water partition coefficient (Wildman–Crippen LogP) is 3.60. The van der Waals surface area contributed by atoms with Crippen molar-refractivity contribution in [3.05, 3.63) is 24.3 Å². The highest BCUT2D eigenvalue weighted by molar-refractivity contribution is 5.69. The van der Waals surface area contributed by atoms with Crippen molar-refractivity contribution in [1.29, 1.82) is 0 Å². The Balaban J connectivity index is 2.87. The van der Waals surface area contributed by atoms with Crippen LogP contribution >= 0.6 is 0 Å². The first-order chi connectivity index (χ1) is 7.56. The van der Waals surface area contributed by atoms with Crippen molar-refractivity contribution in [2.45, 2.75) is 33.2 Å². The van der Waals surface area contributed by atoms with Crippen molar-refractivity contribution >= 4 is 11.4 Å². The van der Waals surface area contributed by atoms with Crippen LogP contribution in [0.25, 0.3) is 0 Å². The van der Waals surface area contributed by atoms with Crippen LogP contribution < -0.4 is 10.2 Å². The summed E-state index contributed by atoms with van der Waals surface area (Å²) in [5, 5.41) is 3.64. The average molecular weight is 220 g/mol. The molecule has 0 bridgehead atoms. The third kappa shape index (κ3) is 3.16. The van der Waals surface area contributed by atoms with E-state index in [0.717, 1.165) is 6.42 Å². The van der Waals surface area contributed by atoms with E-state index >= 15 is 0 Å². The number of para-hydroxylation sites is 2. The van der Waals surface area contributed by atoms with Gasteiger partial charge in [0.1, 0.15) is 0 Å². The molecule has 0 heterocycles. The summed E-state index contributed by atoms with van der Waals surface area (Å²) in [6.45, 7) is 6.76. The number of nitrogens with zero attached hydrogens (tertiary/aromatic N) is 1. The maximum Gasteiger partial charge on any atom is 0.0596 e. The topological polar surface area (TPSA) is 15.3 Å². The quantitative estimate of drug-likeness (QED) is 0.815. The lowest BCUT2D eigenvalue weighted by molar-refractivity contribution is 0.511. The Kier molecular flexibility index (Phi) is 4.66. The van der Waals surface area contributed by atoms with Crippen LogP contribution in [0.1, 0.15) is 27.2 Å². The van der Waals surface area contributed by atoms with Gasteiger partial charge in [-0.1, -0.05) is 32.9 Å². The lowest BCUT2D eigenvalue weighted by atomic mass is 10.0. The Morgan fingerprint density at radius 3 is 2.31 bits per heavy atom. The Morgan fingerprint density at radius 1 is 1.19 bits per heavy atom. The van der Waals surface area contributed by atoms with Gasteiger partial charge in [-0.25, -0.2) is 0 Å². The van der Waals surface area contributed by atoms with Crippen molar-refractivity contribution < 1.29 is 0 Å². The Morgan fingerprint density at radius 2 is 1.81 bits per heavy atom. The summed E-state index contributed by atoms with van der Waals surface area (Å²) in [5.41, 5.74) is 2.48. The number of anilines is 2. The van der Waals surface area contributed by atoms with Crippen molar-refractivity contribution in [3.8, 4) is 0 Å². The van der Waals surface area contributed by atoms with Crippen molar-refractivity contribution in [2.24, 2.45) is 5.92 Å². The van der Waals surface area contributed by atoms with E-state index in [1.807, 2.05) is 0 Å². The van der Waals surface area contributed by atoms with Gasteiger partial charge in [0, 0.05) is 20.1 Å². The first kappa shape index (κ1) is 12.9. The number of rotatable bonds is 5. The second-order valence-corrected chi connectivity index (χ2v) is 4.81. The van der Waals surface area contributed by atoms with Gasteiger partial charge in [-0.3, -0.25) is 0 Å². The molecule has 1 rings (SSSR count). The predicted molar refractivity (Wildman–Crippen MR) is 73.3 cm³/mol. The molecule has 0 aliphatic heterocycles. The monoisotopic (exact) mass is 220 g/mol. The molecule has 0 saturated heterocycles. The molecule has 0 aromatic heterocycles. The molecular formula is C14H24N2. The lowest BCUT2D eigenvalue weighted by Crippen LogP contribution is -2.25. The Hall–Kier alpha value is -1.18. The van der Waals surface area contributed by atoms with Crippen LogP contribution in [0.15, 0.2) is 24.3 Å². The molecule has 2 nitrogen and oxygen atoms in total. The van der Waals surface area contributed by atoms with Gasteiger partial charge in [0.15, 0.2) is 0 Å². The second kappa shape index (κ2) is 5.78. The molecule has 1 N–H and O–H groups in total. The summed E-state index contributed by atoms with van der Waals surface area (Å²) in [6, 6.07) is 9.01. The summed E-state index contributed by atoms with van der Waals surface area (Å²) in [7, 11) is 4.16. The minimum atomic E-state index is 0.543. The summed E-state index contributed by atoms with van der Waals surface area (Å²) < 4.78 is 0. The summed E-state index contributed by atoms with van der Waals surface area (Å²) >= 11 is 0. The van der Waals surface area contributed by atoms with E-state index in [2.05, 4.69) is 69.3 Å². The zero-order valence-corrected chi connectivity index (χ0v) is 11.1. The van der Waals surface area contributed by atoms with Crippen LogP contribution in [0.2, 0.25) is 0 Å². The zero-order valence-electron chi connectivity index (χ0n) is 11.1. The van der Waals surface area contributed by atoms with Gasteiger partial charge in [-0.2, -0.15) is 0 Å². The normalized spacial score (nSPS) is 12.6. The molecule has 16 heavy (non-hydrogen) atoms. The van der Waals surface area contributed by atoms with E-state index in [9.17, 15) is 0 Å². The molecule has 0 aliphatic rings. The van der Waals surface area contributed by atoms with Crippen LogP contribution in [0.4, 0.5) is 11.4 Å². The largest absolute Gasteiger partial charge is 0.380 e. The highest BCUT2D eigenvalue weighted by Gasteiger charge is 2.12. The van der Waals surface area contributed by atoms with Crippen LogP contribution in [-0.4, -0.2) is 20.1 Å². The van der Waals surface area contributed by atoms with E-state index < -0.39 is 0 Å². The first-order valence-electron chi connectivity index (χ1n) is 6.09. The smallest absolute Gasteiger partial charge is 0.0596 e. The molecule has 1 atom stereocenters. The molecule has 1 aromatic rings. The number of nitrogens with one attached hydrogen (secondary N) is 1. The van der Waals surface area contributed by atoms with E-state index in [4.69, 9.17) is 0 Å². The van der Waals surface area contributed by atoms with Crippen molar-refractivity contribution in [1.82, 2.24) is 0 Å². The minimum absolute atomic E-state index is 0.543. The number of hydrogen-bond donors (Lipinski definition) is 1. The third-order valence-corrected chi connectivity index (χ3v) is 2.97. The summed E-state index contributed by atoms with van der Waals surface area (Å²) in [4.78, 5) is 2.15. The summed E-state index contributed by atoms with van der Waals surface area (Å²) in [6.07, 6.45) is 1.15. The number of hydrogen-bond acceptors (Lipinski definition) is 2. The van der Waals surface area contributed by atoms with Crippen molar-refractivity contribution in [2.75, 3.05) is 24.3 Å². The molecule has 0 radical (unpaired) electrons. The molecule has 0 saturated carbocycles. The molecule has 0 aliphatic carbocycles. The van der Waals surface area contributed by atoms with Crippen LogP contribution in [0, 0.1) is 5.92 Å². The first-order valence-corrected chi connectivity index (χ1v) is 6.09. The molecule has 0 amide bonds. The molecular weight excluding hydrogens is 196 g/mol. The van der Waals surface area contributed by atoms with E-state index in [1.54, 1.807) is 0 Å². The molecule has 0 fully saturated rings. The van der Waals surface area contributed by atoms with Crippen LogP contribution in [-0.2, 0) is 0 Å². The molecule has 0 spiro atoms. The highest BCUT2D eigenvalue weighted by atomic mass is 15.1. The minimum Gasteiger partial charge on any atom is -0.380 e. The van der Waals surface area contributed by atoms with Crippen LogP contribution in [0.5, 0.6) is 0 Å². The van der Waals surface area contributed by atoms with Gasteiger partial charge in [-0.15, -0.1) is 0 Å². The maximum atomic E-state index is 3.64. The maximum absolute atomic E-state index is 3.64. The zero-order chi connectivity index (χ0) is 12.1. The van der Waals surface area contributed by atoms with Gasteiger partial charge < -0.3 is 10.2 Å². The van der Waals surface area contributed by atoms with Gasteiger partial charge in [0.2, 0.25) is 0 Å². The average Bonchev–Trinajstić information content (AvgIpc) is 2.25. The van der Waals surface area contributed by atoms with Crippen molar-refractivity contribution in [3.63, 3.8) is 0 Å². The third-order valence-electron chi connectivity index (χ3n) is 2.97. The highest BCUT2D eigenvalue weighted by Crippen LogP contribution is 2.25. The van der Waals surface area contributed by atoms with E-state index in [1.165, 1.54) is 11.4 Å². The summed E-state index contributed by atoms with van der Waals surface area (Å²) in [5.74, 6) is 0.653. The standard InChI is InChI=1S/C14H24N2/c1-6-12(11(2)3)15-13-9-7-8-10-14(13)16(4)5/h7-12,15H,6H2,1-5H3. The van der Waals surface area contributed by atoms with E-state index in [0.29, 0.717) is 12.0 Å². The van der Waals surface area contributed by atoms with Gasteiger partial charge in [0.05, 0.1) is 11.4 Å². The molecule has 2 heteroatoms. The molecule has 1 unspecified atom stereocenters.